The summed E-state index contributed by atoms with van der Waals surface area (Å²) in [6, 6.07) is 0.973. The molecule has 2 nitrogen and oxygen atoms in total. The molecule has 0 N–H and O–H groups in total. The zero-order chi connectivity index (χ0) is 11.6. The monoisotopic (exact) mass is 278 g/mol. The van der Waals surface area contributed by atoms with Gasteiger partial charge in [-0.25, -0.2) is 8.78 Å². The van der Waals surface area contributed by atoms with Crippen LogP contribution < -0.4 is 4.74 Å². The molecule has 0 atom stereocenters. The van der Waals surface area contributed by atoms with Crippen LogP contribution in [0.25, 0.3) is 0 Å². The minimum Gasteiger partial charge on any atom is -0.495 e. The van der Waals surface area contributed by atoms with Gasteiger partial charge in [-0.2, -0.15) is 0 Å². The van der Waals surface area contributed by atoms with Gasteiger partial charge in [-0.05, 0) is 28.9 Å². The van der Waals surface area contributed by atoms with Crippen molar-refractivity contribution in [2.24, 2.45) is 0 Å². The van der Waals surface area contributed by atoms with Crippen LogP contribution in [0.3, 0.4) is 0 Å². The second-order valence-corrected chi connectivity index (χ2v) is 3.85. The van der Waals surface area contributed by atoms with Gasteiger partial charge < -0.3 is 4.74 Å². The second kappa shape index (κ2) is 4.70. The summed E-state index contributed by atoms with van der Waals surface area (Å²) in [5.74, 6) is -2.01. The summed E-state index contributed by atoms with van der Waals surface area (Å²) in [4.78, 5) is 10.9. The Balaban J connectivity index is 3.31. The minimum atomic E-state index is -1.01. The van der Waals surface area contributed by atoms with Crippen molar-refractivity contribution in [1.82, 2.24) is 0 Å². The van der Waals surface area contributed by atoms with Gasteiger partial charge in [0.15, 0.2) is 11.6 Å². The number of Topliss-reactive ketones (excluding diaryl/α,β-unsaturated/α-hetero) is 1. The number of benzene rings is 1. The van der Waals surface area contributed by atoms with E-state index in [1.807, 2.05) is 0 Å². The lowest BCUT2D eigenvalue weighted by Gasteiger charge is -2.10. The smallest absolute Gasteiger partial charge is 0.176 e. The van der Waals surface area contributed by atoms with E-state index < -0.39 is 11.6 Å². The molecular weight excluding hydrogens is 270 g/mol. The Morgan fingerprint density at radius 1 is 1.53 bits per heavy atom. The van der Waals surface area contributed by atoms with E-state index in [0.717, 1.165) is 6.07 Å². The number of hydrogen-bond acceptors (Lipinski definition) is 2. The molecule has 0 bridgehead atoms. The van der Waals surface area contributed by atoms with Crippen molar-refractivity contribution in [3.8, 4) is 5.75 Å². The molecule has 0 radical (unpaired) electrons. The Morgan fingerprint density at radius 3 is 2.60 bits per heavy atom. The fourth-order valence-electron chi connectivity index (χ4n) is 1.25. The topological polar surface area (TPSA) is 26.3 Å². The van der Waals surface area contributed by atoms with Crippen LogP contribution in [0.1, 0.15) is 12.5 Å². The molecule has 0 spiro atoms. The van der Waals surface area contributed by atoms with E-state index in [2.05, 4.69) is 15.9 Å². The fraction of sp³-hybridized carbons (Fsp3) is 0.300. The number of rotatable bonds is 3. The van der Waals surface area contributed by atoms with Crippen LogP contribution in [0, 0.1) is 11.6 Å². The summed E-state index contributed by atoms with van der Waals surface area (Å²) < 4.78 is 31.0. The van der Waals surface area contributed by atoms with Crippen molar-refractivity contribution < 1.29 is 18.3 Å². The average molecular weight is 279 g/mol. The Bertz CT molecular complexity index is 405. The van der Waals surface area contributed by atoms with Gasteiger partial charge in [0, 0.05) is 12.0 Å². The van der Waals surface area contributed by atoms with Gasteiger partial charge in [0.05, 0.1) is 11.6 Å². The average Bonchev–Trinajstić information content (AvgIpc) is 2.14. The highest BCUT2D eigenvalue weighted by Crippen LogP contribution is 2.33. The maximum absolute atomic E-state index is 13.1. The molecular formula is C10H9BrF2O2. The Kier molecular flexibility index (Phi) is 3.79. The van der Waals surface area contributed by atoms with Crippen LogP contribution in [-0.4, -0.2) is 12.9 Å². The Hall–Kier alpha value is -0.970. The lowest BCUT2D eigenvalue weighted by Crippen LogP contribution is -2.03. The number of halogens is 3. The third-order valence-corrected chi connectivity index (χ3v) is 2.55. The summed E-state index contributed by atoms with van der Waals surface area (Å²) in [7, 11) is 1.33. The van der Waals surface area contributed by atoms with Gasteiger partial charge in [0.25, 0.3) is 0 Å². The number of hydrogen-bond donors (Lipinski definition) is 0. The van der Waals surface area contributed by atoms with Gasteiger partial charge in [0.1, 0.15) is 11.5 Å². The number of ketones is 1. The second-order valence-electron chi connectivity index (χ2n) is 3.06. The van der Waals surface area contributed by atoms with Crippen LogP contribution in [0.15, 0.2) is 10.5 Å². The lowest BCUT2D eigenvalue weighted by atomic mass is 10.1. The van der Waals surface area contributed by atoms with E-state index in [1.54, 1.807) is 0 Å². The molecule has 0 aromatic heterocycles. The highest BCUT2D eigenvalue weighted by Gasteiger charge is 2.17. The molecule has 5 heteroatoms. The van der Waals surface area contributed by atoms with Crippen LogP contribution in [0.5, 0.6) is 5.75 Å². The first-order valence-electron chi connectivity index (χ1n) is 4.17. The van der Waals surface area contributed by atoms with Crippen LogP contribution >= 0.6 is 15.9 Å². The Morgan fingerprint density at radius 2 is 2.13 bits per heavy atom. The largest absolute Gasteiger partial charge is 0.495 e. The predicted molar refractivity (Wildman–Crippen MR) is 55.0 cm³/mol. The molecule has 0 saturated heterocycles. The first-order chi connectivity index (χ1) is 6.97. The van der Waals surface area contributed by atoms with Gasteiger partial charge in [-0.3, -0.25) is 4.79 Å². The Labute approximate surface area is 94.4 Å². The summed E-state index contributed by atoms with van der Waals surface area (Å²) in [6.07, 6.45) is 0.0129. The number of carbonyl (C=O) groups excluding carboxylic acids is 1. The molecule has 0 aliphatic rings. The highest BCUT2D eigenvalue weighted by atomic mass is 79.9. The maximum Gasteiger partial charge on any atom is 0.176 e. The molecule has 0 saturated carbocycles. The predicted octanol–water partition coefficient (Wildman–Crippen LogP) is 2.87. The summed E-state index contributed by atoms with van der Waals surface area (Å²) >= 11 is 2.88. The first kappa shape index (κ1) is 12.1. The first-order valence-corrected chi connectivity index (χ1v) is 4.96. The molecule has 82 valence electrons. The summed E-state index contributed by atoms with van der Waals surface area (Å²) in [6.45, 7) is 1.37. The maximum atomic E-state index is 13.1. The quantitative estimate of drug-likeness (QED) is 0.795. The van der Waals surface area contributed by atoms with E-state index in [1.165, 1.54) is 14.0 Å². The zero-order valence-electron chi connectivity index (χ0n) is 8.23. The molecule has 1 rings (SSSR count). The van der Waals surface area contributed by atoms with Gasteiger partial charge in [0.2, 0.25) is 0 Å². The van der Waals surface area contributed by atoms with Crippen molar-refractivity contribution in [3.63, 3.8) is 0 Å². The van der Waals surface area contributed by atoms with E-state index in [0.29, 0.717) is 5.56 Å². The van der Waals surface area contributed by atoms with Gasteiger partial charge in [-0.15, -0.1) is 0 Å². The van der Waals surface area contributed by atoms with E-state index in [4.69, 9.17) is 4.74 Å². The van der Waals surface area contributed by atoms with E-state index >= 15 is 0 Å². The lowest BCUT2D eigenvalue weighted by molar-refractivity contribution is -0.116. The molecule has 15 heavy (non-hydrogen) atoms. The molecule has 0 fully saturated rings. The summed E-state index contributed by atoms with van der Waals surface area (Å²) in [5, 5.41) is 0. The standard InChI is InChI=1S/C10H9BrF2O2/c1-5(14)3-6-4-7(12)9(13)8(11)10(6)15-2/h4H,3H2,1-2H3. The fourth-order valence-corrected chi connectivity index (χ4v) is 1.85. The van der Waals surface area contributed by atoms with Gasteiger partial charge in [-0.1, -0.05) is 0 Å². The minimum absolute atomic E-state index is 0.0129. The normalized spacial score (nSPS) is 10.2. The van der Waals surface area contributed by atoms with Crippen LogP contribution in [0.2, 0.25) is 0 Å². The molecule has 1 aromatic carbocycles. The molecule has 0 aliphatic carbocycles. The van der Waals surface area contributed by atoms with Crippen LogP contribution in [0.4, 0.5) is 8.78 Å². The van der Waals surface area contributed by atoms with E-state index in [-0.39, 0.29) is 22.4 Å². The van der Waals surface area contributed by atoms with Crippen molar-refractivity contribution in [3.05, 3.63) is 27.7 Å². The third-order valence-electron chi connectivity index (χ3n) is 1.84. The number of carbonyl (C=O) groups is 1. The molecule has 1 aromatic rings. The van der Waals surface area contributed by atoms with Crippen molar-refractivity contribution >= 4 is 21.7 Å². The number of ether oxygens (including phenoxy) is 1. The van der Waals surface area contributed by atoms with Crippen molar-refractivity contribution in [2.45, 2.75) is 13.3 Å². The van der Waals surface area contributed by atoms with Crippen LogP contribution in [-0.2, 0) is 11.2 Å². The van der Waals surface area contributed by atoms with E-state index in [9.17, 15) is 13.6 Å². The number of methoxy groups -OCH3 is 1. The van der Waals surface area contributed by atoms with Crippen molar-refractivity contribution in [1.29, 1.82) is 0 Å². The SMILES string of the molecule is COc1c(CC(C)=O)cc(F)c(F)c1Br. The molecule has 0 heterocycles. The molecule has 0 amide bonds. The third kappa shape index (κ3) is 2.53. The zero-order valence-corrected chi connectivity index (χ0v) is 9.82. The molecule has 0 unspecified atom stereocenters. The molecule has 0 aliphatic heterocycles. The van der Waals surface area contributed by atoms with Crippen molar-refractivity contribution in [2.75, 3.05) is 7.11 Å². The van der Waals surface area contributed by atoms with Gasteiger partial charge >= 0.3 is 0 Å². The summed E-state index contributed by atoms with van der Waals surface area (Å²) in [5.41, 5.74) is 0.329. The highest BCUT2D eigenvalue weighted by molar-refractivity contribution is 9.10.